The van der Waals surface area contributed by atoms with Crippen LogP contribution in [0.4, 0.5) is 11.4 Å². The van der Waals surface area contributed by atoms with E-state index in [0.717, 1.165) is 43.1 Å². The largest absolute Gasteiger partial charge is 0.497 e. The molecule has 0 bridgehead atoms. The fourth-order valence-electron chi connectivity index (χ4n) is 4.88. The number of aliphatic hydroxyl groups is 1. The monoisotopic (exact) mass is 466 g/mol. The highest BCUT2D eigenvalue weighted by atomic mass is 35.5. The quantitative estimate of drug-likeness (QED) is 0.564. The number of benzene rings is 3. The Kier molecular flexibility index (Phi) is 7.43. The summed E-state index contributed by atoms with van der Waals surface area (Å²) < 4.78 is 11.4. The normalized spacial score (nSPS) is 19.6. The molecule has 2 aliphatic rings. The van der Waals surface area contributed by atoms with Crippen LogP contribution in [0.2, 0.25) is 0 Å². The lowest BCUT2D eigenvalue weighted by molar-refractivity contribution is 0.175. The minimum Gasteiger partial charge on any atom is -0.497 e. The van der Waals surface area contributed by atoms with Crippen molar-refractivity contribution in [3.63, 3.8) is 0 Å². The summed E-state index contributed by atoms with van der Waals surface area (Å²) in [4.78, 5) is 4.81. The molecule has 0 aromatic heterocycles. The van der Waals surface area contributed by atoms with E-state index in [1.165, 1.54) is 16.8 Å². The first-order chi connectivity index (χ1) is 15.7. The number of ether oxygens (including phenoxy) is 2. The summed E-state index contributed by atoms with van der Waals surface area (Å²) in [6.45, 7) is 3.02. The molecule has 5 nitrogen and oxygen atoms in total. The zero-order chi connectivity index (χ0) is 21.9. The van der Waals surface area contributed by atoms with Gasteiger partial charge < -0.3 is 19.5 Å². The molecule has 0 amide bonds. The Morgan fingerprint density at radius 3 is 2.48 bits per heavy atom. The van der Waals surface area contributed by atoms with Crippen molar-refractivity contribution in [2.24, 2.45) is 0 Å². The van der Waals surface area contributed by atoms with Gasteiger partial charge in [-0.05, 0) is 48.7 Å². The number of likely N-dealkylation sites (tertiary alicyclic amines) is 1. The molecule has 2 aliphatic heterocycles. The van der Waals surface area contributed by atoms with Gasteiger partial charge in [-0.2, -0.15) is 0 Å². The van der Waals surface area contributed by atoms with Crippen LogP contribution in [-0.2, 0) is 13.0 Å². The molecule has 6 heteroatoms. The van der Waals surface area contributed by atoms with E-state index in [1.807, 2.05) is 24.3 Å². The number of aliphatic hydroxyl groups excluding tert-OH is 1. The molecule has 0 unspecified atom stereocenters. The number of methoxy groups -OCH3 is 1. The number of fused-ring (bicyclic) bond motifs is 2. The van der Waals surface area contributed by atoms with Crippen molar-refractivity contribution < 1.29 is 14.6 Å². The molecule has 2 heterocycles. The first-order valence-corrected chi connectivity index (χ1v) is 11.3. The molecule has 0 spiro atoms. The van der Waals surface area contributed by atoms with Crippen molar-refractivity contribution in [1.82, 2.24) is 4.90 Å². The second-order valence-corrected chi connectivity index (χ2v) is 8.63. The van der Waals surface area contributed by atoms with Gasteiger partial charge in [-0.15, -0.1) is 12.4 Å². The average Bonchev–Trinajstić information content (AvgIpc) is 3.11. The molecule has 0 saturated carbocycles. The second kappa shape index (κ2) is 10.5. The number of nitrogens with zero attached hydrogens (tertiary/aromatic N) is 2. The van der Waals surface area contributed by atoms with Gasteiger partial charge in [-0.25, -0.2) is 0 Å². The number of β-amino-alcohol motifs (C(OH)–C–C–N with tert-alkyl or cyclic N) is 1. The Morgan fingerprint density at radius 2 is 1.70 bits per heavy atom. The van der Waals surface area contributed by atoms with Gasteiger partial charge in [-0.3, -0.25) is 4.90 Å². The third-order valence-electron chi connectivity index (χ3n) is 6.57. The van der Waals surface area contributed by atoms with Crippen LogP contribution in [0.15, 0.2) is 72.8 Å². The van der Waals surface area contributed by atoms with Crippen molar-refractivity contribution >= 4 is 23.8 Å². The van der Waals surface area contributed by atoms with E-state index in [0.29, 0.717) is 13.2 Å². The first-order valence-electron chi connectivity index (χ1n) is 11.3. The molecule has 1 N–H and O–H groups in total. The molecule has 2 atom stereocenters. The Labute approximate surface area is 202 Å². The van der Waals surface area contributed by atoms with Crippen LogP contribution in [0.3, 0.4) is 0 Å². The summed E-state index contributed by atoms with van der Waals surface area (Å²) in [6.07, 6.45) is 1.44. The van der Waals surface area contributed by atoms with E-state index in [1.54, 1.807) is 7.11 Å². The summed E-state index contributed by atoms with van der Waals surface area (Å²) in [6, 6.07) is 25.3. The van der Waals surface area contributed by atoms with Crippen LogP contribution in [0.5, 0.6) is 11.5 Å². The number of hydrogen-bond acceptors (Lipinski definition) is 5. The van der Waals surface area contributed by atoms with Gasteiger partial charge in [0.25, 0.3) is 0 Å². The van der Waals surface area contributed by atoms with E-state index in [4.69, 9.17) is 9.47 Å². The molecule has 3 aromatic rings. The molecule has 33 heavy (non-hydrogen) atoms. The lowest BCUT2D eigenvalue weighted by Crippen LogP contribution is -2.39. The van der Waals surface area contributed by atoms with Crippen LogP contribution in [0.1, 0.15) is 17.5 Å². The van der Waals surface area contributed by atoms with Crippen LogP contribution in [-0.4, -0.2) is 48.9 Å². The molecule has 3 aromatic carbocycles. The zero-order valence-electron chi connectivity index (χ0n) is 18.9. The minimum absolute atomic E-state index is 0. The van der Waals surface area contributed by atoms with Gasteiger partial charge in [0.15, 0.2) is 0 Å². The maximum Gasteiger partial charge on any atom is 0.143 e. The van der Waals surface area contributed by atoms with Gasteiger partial charge in [0.05, 0.1) is 18.9 Å². The zero-order valence-corrected chi connectivity index (χ0v) is 19.7. The number of hydrogen-bond donors (Lipinski definition) is 1. The maximum atomic E-state index is 10.5. The van der Waals surface area contributed by atoms with Gasteiger partial charge in [0.2, 0.25) is 0 Å². The summed E-state index contributed by atoms with van der Waals surface area (Å²) >= 11 is 0. The smallest absolute Gasteiger partial charge is 0.143 e. The highest BCUT2D eigenvalue weighted by molar-refractivity contribution is 5.85. The minimum atomic E-state index is -0.287. The number of anilines is 2. The van der Waals surface area contributed by atoms with E-state index < -0.39 is 0 Å². The van der Waals surface area contributed by atoms with Crippen LogP contribution in [0.25, 0.3) is 0 Å². The standard InChI is InChI=1S/C27H30N2O3.ClH/c1-31-24-12-10-20(11-13-24)14-15-28-18-23(30)16-22(28)17-29-25-7-3-2-6-21(25)19-32-27-9-5-4-8-26(27)29;/h2-13,22-23,30H,14-19H2,1H3;1H/t22-,23+;/m1./s1. The lowest BCUT2D eigenvalue weighted by Gasteiger charge is -2.32. The predicted molar refractivity (Wildman–Crippen MR) is 134 cm³/mol. The van der Waals surface area contributed by atoms with Crippen molar-refractivity contribution in [2.75, 3.05) is 31.6 Å². The first kappa shape index (κ1) is 23.4. The van der Waals surface area contributed by atoms with Crippen molar-refractivity contribution in [3.8, 4) is 11.5 Å². The highest BCUT2D eigenvalue weighted by Crippen LogP contribution is 2.40. The number of rotatable bonds is 6. The number of para-hydroxylation sites is 3. The molecule has 5 rings (SSSR count). The fraction of sp³-hybridized carbons (Fsp3) is 0.333. The topological polar surface area (TPSA) is 45.2 Å². The van der Waals surface area contributed by atoms with Crippen LogP contribution in [0, 0.1) is 0 Å². The van der Waals surface area contributed by atoms with Gasteiger partial charge >= 0.3 is 0 Å². The van der Waals surface area contributed by atoms with Crippen molar-refractivity contribution in [1.29, 1.82) is 0 Å². The highest BCUT2D eigenvalue weighted by Gasteiger charge is 2.33. The van der Waals surface area contributed by atoms with Gasteiger partial charge in [0, 0.05) is 36.9 Å². The third kappa shape index (κ3) is 5.11. The Bertz CT molecular complexity index is 1010. The van der Waals surface area contributed by atoms with Crippen LogP contribution >= 0.6 is 12.4 Å². The Balaban J connectivity index is 0.00000259. The second-order valence-electron chi connectivity index (χ2n) is 8.63. The summed E-state index contributed by atoms with van der Waals surface area (Å²) in [5.74, 6) is 1.79. The van der Waals surface area contributed by atoms with Crippen LogP contribution < -0.4 is 14.4 Å². The summed E-state index contributed by atoms with van der Waals surface area (Å²) in [5.41, 5.74) is 4.75. The van der Waals surface area contributed by atoms with Crippen molar-refractivity contribution in [2.45, 2.75) is 31.6 Å². The van der Waals surface area contributed by atoms with Gasteiger partial charge in [-0.1, -0.05) is 42.5 Å². The molecular weight excluding hydrogens is 436 g/mol. The Hall–Kier alpha value is -2.73. The Morgan fingerprint density at radius 1 is 0.970 bits per heavy atom. The molecule has 174 valence electrons. The molecule has 0 radical (unpaired) electrons. The predicted octanol–water partition coefficient (Wildman–Crippen LogP) is 4.83. The van der Waals surface area contributed by atoms with Gasteiger partial charge in [0.1, 0.15) is 18.1 Å². The van der Waals surface area contributed by atoms with E-state index in [-0.39, 0.29) is 24.6 Å². The lowest BCUT2D eigenvalue weighted by atomic mass is 10.1. The average molecular weight is 467 g/mol. The molecule has 1 fully saturated rings. The van der Waals surface area contributed by atoms with E-state index >= 15 is 0 Å². The molecule has 1 saturated heterocycles. The summed E-state index contributed by atoms with van der Waals surface area (Å²) in [7, 11) is 1.69. The molecule has 0 aliphatic carbocycles. The third-order valence-corrected chi connectivity index (χ3v) is 6.57. The van der Waals surface area contributed by atoms with E-state index in [9.17, 15) is 5.11 Å². The number of halogens is 1. The fourth-order valence-corrected chi connectivity index (χ4v) is 4.88. The summed E-state index contributed by atoms with van der Waals surface area (Å²) in [5, 5.41) is 10.5. The maximum absolute atomic E-state index is 10.5. The SMILES string of the molecule is COc1ccc(CCN2C[C@@H](O)C[C@@H]2CN2c3ccccc3COc3ccccc32)cc1.Cl. The molecular formula is C27H31ClN2O3. The van der Waals surface area contributed by atoms with E-state index in [2.05, 4.69) is 58.3 Å². The van der Waals surface area contributed by atoms with Crippen molar-refractivity contribution in [3.05, 3.63) is 83.9 Å².